The summed E-state index contributed by atoms with van der Waals surface area (Å²) in [6.45, 7) is 8.27. The number of nitrogens with zero attached hydrogens (tertiary/aromatic N) is 2. The lowest BCUT2D eigenvalue weighted by Gasteiger charge is -2.31. The van der Waals surface area contributed by atoms with Crippen molar-refractivity contribution in [3.8, 4) is 0 Å². The summed E-state index contributed by atoms with van der Waals surface area (Å²) in [5, 5.41) is 0. The Morgan fingerprint density at radius 2 is 2.00 bits per heavy atom. The van der Waals surface area contributed by atoms with Crippen LogP contribution in [0.5, 0.6) is 0 Å². The van der Waals surface area contributed by atoms with Gasteiger partial charge in [0.05, 0.1) is 0 Å². The number of hydrogen-bond acceptors (Lipinski definition) is 1. The van der Waals surface area contributed by atoms with Gasteiger partial charge in [0.15, 0.2) is 12.4 Å². The van der Waals surface area contributed by atoms with Gasteiger partial charge in [-0.05, 0) is 18.8 Å². The lowest BCUT2D eigenvalue weighted by molar-refractivity contribution is -0.567. The summed E-state index contributed by atoms with van der Waals surface area (Å²) in [6, 6.07) is 4.31. The molecule has 0 saturated carbocycles. The fraction of sp³-hybridized carbons (Fsp3) is 0.429. The van der Waals surface area contributed by atoms with E-state index < -0.39 is 0 Å². The van der Waals surface area contributed by atoms with Gasteiger partial charge < -0.3 is 4.90 Å². The quantitative estimate of drug-likeness (QED) is 0.543. The molecule has 2 heteroatoms. The molecular formula is C14H19N2+. The van der Waals surface area contributed by atoms with Crippen LogP contribution in [0.1, 0.15) is 19.8 Å². The molecule has 1 aliphatic rings. The summed E-state index contributed by atoms with van der Waals surface area (Å²) < 4.78 is 1.96. The lowest BCUT2D eigenvalue weighted by atomic mass is 9.99. The summed E-state index contributed by atoms with van der Waals surface area (Å²) in [4.78, 5) is 2.46. The Kier molecular flexibility index (Phi) is 3.43. The van der Waals surface area contributed by atoms with Gasteiger partial charge in [-0.1, -0.05) is 19.2 Å². The van der Waals surface area contributed by atoms with Gasteiger partial charge in [-0.15, -0.1) is 0 Å². The molecule has 0 bridgehead atoms. The molecule has 0 radical (unpaired) electrons. The van der Waals surface area contributed by atoms with E-state index in [2.05, 4.69) is 36.3 Å². The van der Waals surface area contributed by atoms with Crippen LogP contribution in [0.2, 0.25) is 0 Å². The highest BCUT2D eigenvalue weighted by atomic mass is 15.1. The van der Waals surface area contributed by atoms with Gasteiger partial charge in [-0.3, -0.25) is 0 Å². The zero-order valence-corrected chi connectivity index (χ0v) is 9.89. The third-order valence-electron chi connectivity index (χ3n) is 3.22. The molecule has 16 heavy (non-hydrogen) atoms. The van der Waals surface area contributed by atoms with E-state index in [4.69, 9.17) is 0 Å². The van der Waals surface area contributed by atoms with E-state index in [1.165, 1.54) is 31.6 Å². The Morgan fingerprint density at radius 1 is 1.38 bits per heavy atom. The number of anilines is 1. The van der Waals surface area contributed by atoms with Crippen LogP contribution in [0.4, 0.5) is 5.69 Å². The Labute approximate surface area is 97.5 Å². The second kappa shape index (κ2) is 5.00. The van der Waals surface area contributed by atoms with Crippen LogP contribution in [-0.2, 0) is 0 Å². The molecule has 1 aromatic rings. The highest BCUT2D eigenvalue weighted by Gasteiger charge is 2.16. The van der Waals surface area contributed by atoms with E-state index in [1.54, 1.807) is 0 Å². The van der Waals surface area contributed by atoms with Crippen molar-refractivity contribution in [2.75, 3.05) is 18.0 Å². The topological polar surface area (TPSA) is 7.12 Å². The monoisotopic (exact) mass is 215 g/mol. The Morgan fingerprint density at radius 3 is 2.56 bits per heavy atom. The van der Waals surface area contributed by atoms with Gasteiger partial charge in [0.25, 0.3) is 0 Å². The van der Waals surface area contributed by atoms with Gasteiger partial charge in [-0.2, -0.15) is 4.57 Å². The van der Waals surface area contributed by atoms with Crippen molar-refractivity contribution < 1.29 is 4.57 Å². The molecule has 0 aliphatic carbocycles. The van der Waals surface area contributed by atoms with Crippen LogP contribution in [-0.4, -0.2) is 13.1 Å². The maximum atomic E-state index is 3.56. The maximum Gasteiger partial charge on any atom is 0.217 e. The first-order chi connectivity index (χ1) is 7.79. The predicted octanol–water partition coefficient (Wildman–Crippen LogP) is 2.47. The molecule has 0 amide bonds. The molecule has 0 unspecified atom stereocenters. The highest BCUT2D eigenvalue weighted by molar-refractivity contribution is 5.44. The summed E-state index contributed by atoms with van der Waals surface area (Å²) >= 11 is 0. The first-order valence-electron chi connectivity index (χ1n) is 5.91. The van der Waals surface area contributed by atoms with E-state index in [0.717, 1.165) is 5.92 Å². The summed E-state index contributed by atoms with van der Waals surface area (Å²) in [6.07, 6.45) is 8.53. The fourth-order valence-electron chi connectivity index (χ4n) is 2.10. The van der Waals surface area contributed by atoms with Crippen molar-refractivity contribution >= 4 is 11.9 Å². The largest absolute Gasteiger partial charge is 0.371 e. The first-order valence-corrected chi connectivity index (χ1v) is 5.91. The molecule has 0 spiro atoms. The Bertz CT molecular complexity index is 380. The van der Waals surface area contributed by atoms with E-state index in [1.807, 2.05) is 23.2 Å². The van der Waals surface area contributed by atoms with Crippen molar-refractivity contribution in [2.45, 2.75) is 19.8 Å². The van der Waals surface area contributed by atoms with Gasteiger partial charge in [-0.25, -0.2) is 0 Å². The van der Waals surface area contributed by atoms with E-state index in [0.29, 0.717) is 0 Å². The van der Waals surface area contributed by atoms with Crippen molar-refractivity contribution in [3.63, 3.8) is 0 Å². The SMILES string of the molecule is C=C=C[n+]1ccc(N2CCC(C)CC2)cc1. The van der Waals surface area contributed by atoms with Crippen molar-refractivity contribution in [1.82, 2.24) is 0 Å². The third kappa shape index (κ3) is 2.53. The van der Waals surface area contributed by atoms with Gasteiger partial charge in [0.1, 0.15) is 0 Å². The summed E-state index contributed by atoms with van der Waals surface area (Å²) in [5.74, 6) is 0.883. The number of pyridine rings is 1. The molecule has 0 atom stereocenters. The predicted molar refractivity (Wildman–Crippen MR) is 67.1 cm³/mol. The van der Waals surface area contributed by atoms with Crippen LogP contribution in [0.3, 0.4) is 0 Å². The maximum absolute atomic E-state index is 3.56. The van der Waals surface area contributed by atoms with Crippen molar-refractivity contribution in [1.29, 1.82) is 0 Å². The van der Waals surface area contributed by atoms with Gasteiger partial charge in [0, 0.05) is 30.9 Å². The van der Waals surface area contributed by atoms with E-state index >= 15 is 0 Å². The first kappa shape index (κ1) is 11.0. The molecule has 1 fully saturated rings. The third-order valence-corrected chi connectivity index (χ3v) is 3.22. The van der Waals surface area contributed by atoms with Crippen LogP contribution >= 0.6 is 0 Å². The average molecular weight is 215 g/mol. The number of hydrogen-bond donors (Lipinski definition) is 0. The van der Waals surface area contributed by atoms with Crippen LogP contribution < -0.4 is 9.47 Å². The van der Waals surface area contributed by atoms with Crippen molar-refractivity contribution in [3.05, 3.63) is 36.8 Å². The fourth-order valence-corrected chi connectivity index (χ4v) is 2.10. The summed E-state index contributed by atoms with van der Waals surface area (Å²) in [7, 11) is 0. The van der Waals surface area contributed by atoms with Crippen molar-refractivity contribution in [2.24, 2.45) is 5.92 Å². The molecule has 1 aromatic heterocycles. The zero-order chi connectivity index (χ0) is 11.4. The number of aromatic nitrogens is 1. The Hall–Kier alpha value is -1.53. The van der Waals surface area contributed by atoms with E-state index in [9.17, 15) is 0 Å². The second-order valence-electron chi connectivity index (χ2n) is 4.51. The minimum absolute atomic E-state index is 0.883. The van der Waals surface area contributed by atoms with Crippen LogP contribution in [0.15, 0.2) is 36.8 Å². The minimum Gasteiger partial charge on any atom is -0.371 e. The molecule has 1 aliphatic heterocycles. The standard InChI is InChI=1S/C14H19N2/c1-3-8-15-9-6-14(7-10-15)16-11-4-13(2)5-12-16/h6-10,13H,1,4-5,11-12H2,2H3/q+1. The molecule has 1 saturated heterocycles. The number of piperidine rings is 1. The van der Waals surface area contributed by atoms with Gasteiger partial charge in [0.2, 0.25) is 6.20 Å². The molecule has 2 heterocycles. The average Bonchev–Trinajstić information content (AvgIpc) is 2.32. The van der Waals surface area contributed by atoms with Crippen LogP contribution in [0.25, 0.3) is 6.20 Å². The lowest BCUT2D eigenvalue weighted by Crippen LogP contribution is -2.33. The molecule has 0 N–H and O–H groups in total. The molecule has 2 nitrogen and oxygen atoms in total. The molecule has 84 valence electrons. The highest BCUT2D eigenvalue weighted by Crippen LogP contribution is 2.21. The second-order valence-corrected chi connectivity index (χ2v) is 4.51. The smallest absolute Gasteiger partial charge is 0.217 e. The molecule has 0 aromatic carbocycles. The molecular weight excluding hydrogens is 196 g/mol. The Balaban J connectivity index is 2.07. The van der Waals surface area contributed by atoms with E-state index in [-0.39, 0.29) is 0 Å². The normalized spacial score (nSPS) is 16.9. The molecule has 2 rings (SSSR count). The van der Waals surface area contributed by atoms with Crippen LogP contribution in [0, 0.1) is 5.92 Å². The number of rotatable bonds is 2. The van der Waals surface area contributed by atoms with Gasteiger partial charge >= 0.3 is 0 Å². The summed E-state index contributed by atoms with van der Waals surface area (Å²) in [5.41, 5.74) is 4.08. The zero-order valence-electron chi connectivity index (χ0n) is 9.89. The minimum atomic E-state index is 0.883.